The predicted molar refractivity (Wildman–Crippen MR) is 105 cm³/mol. The molecule has 0 atom stereocenters. The zero-order valence-corrected chi connectivity index (χ0v) is 15.7. The fourth-order valence-corrected chi connectivity index (χ4v) is 3.98. The van der Waals surface area contributed by atoms with Crippen molar-refractivity contribution < 1.29 is 19.2 Å². The molecule has 0 amide bonds. The van der Waals surface area contributed by atoms with Crippen LogP contribution in [0, 0.1) is 6.92 Å². The predicted octanol–water partition coefficient (Wildman–Crippen LogP) is 2.66. The van der Waals surface area contributed by atoms with Gasteiger partial charge in [0.05, 0.1) is 36.7 Å². The number of hydrogen-bond acceptors (Lipinski definition) is 4. The Morgan fingerprint density at radius 1 is 1.11 bits per heavy atom. The van der Waals surface area contributed by atoms with Gasteiger partial charge >= 0.3 is 0 Å². The summed E-state index contributed by atoms with van der Waals surface area (Å²) in [4.78, 5) is 14.6. The molecule has 5 heteroatoms. The number of fused-ring (bicyclic) bond motifs is 1. The highest BCUT2D eigenvalue weighted by Crippen LogP contribution is 2.30. The van der Waals surface area contributed by atoms with Crippen molar-refractivity contribution >= 4 is 11.0 Å². The second-order valence-electron chi connectivity index (χ2n) is 7.16. The third kappa shape index (κ3) is 3.19. The number of hydrogen-bond donors (Lipinski definition) is 2. The van der Waals surface area contributed by atoms with Crippen LogP contribution in [0.1, 0.15) is 24.2 Å². The van der Waals surface area contributed by atoms with E-state index in [1.807, 2.05) is 24.3 Å². The summed E-state index contributed by atoms with van der Waals surface area (Å²) in [6.45, 7) is 4.65. The number of methoxy groups -OCH3 is 1. The van der Waals surface area contributed by atoms with Crippen molar-refractivity contribution in [2.24, 2.45) is 0 Å². The molecule has 3 aromatic rings. The summed E-state index contributed by atoms with van der Waals surface area (Å²) < 4.78 is 11.3. The molecule has 4 rings (SSSR count). The van der Waals surface area contributed by atoms with Crippen molar-refractivity contribution in [2.75, 3.05) is 20.2 Å². The van der Waals surface area contributed by atoms with Crippen molar-refractivity contribution in [2.45, 2.75) is 26.3 Å². The van der Waals surface area contributed by atoms with Gasteiger partial charge in [-0.15, -0.1) is 0 Å². The number of likely N-dealkylation sites (tertiary alicyclic amines) is 1. The second kappa shape index (κ2) is 7.08. The van der Waals surface area contributed by atoms with Gasteiger partial charge in [-0.05, 0) is 36.8 Å². The molecule has 0 spiro atoms. The SMILES string of the molecule is COc1ccc(-c2c(C)oc3c(C[NH+]4CCCC4)c(O)ccc3c2=O)cc1. The smallest absolute Gasteiger partial charge is 0.200 e. The number of benzene rings is 2. The lowest BCUT2D eigenvalue weighted by Gasteiger charge is -2.15. The van der Waals surface area contributed by atoms with Gasteiger partial charge in [-0.3, -0.25) is 4.79 Å². The topological polar surface area (TPSA) is 64.1 Å². The van der Waals surface area contributed by atoms with E-state index in [2.05, 4.69) is 0 Å². The van der Waals surface area contributed by atoms with E-state index in [1.165, 1.54) is 17.7 Å². The lowest BCUT2D eigenvalue weighted by molar-refractivity contribution is -0.901. The van der Waals surface area contributed by atoms with Crippen LogP contribution < -0.4 is 15.1 Å². The number of aryl methyl sites for hydroxylation is 1. The molecule has 0 saturated carbocycles. The first-order valence-corrected chi connectivity index (χ1v) is 9.34. The number of nitrogens with one attached hydrogen (secondary N) is 1. The van der Waals surface area contributed by atoms with E-state index in [0.29, 0.717) is 28.8 Å². The Morgan fingerprint density at radius 2 is 1.81 bits per heavy atom. The van der Waals surface area contributed by atoms with Gasteiger partial charge in [0.1, 0.15) is 23.8 Å². The Bertz CT molecular complexity index is 1030. The van der Waals surface area contributed by atoms with Gasteiger partial charge in [0, 0.05) is 12.8 Å². The highest BCUT2D eigenvalue weighted by molar-refractivity contribution is 5.86. The zero-order valence-electron chi connectivity index (χ0n) is 15.7. The Labute approximate surface area is 157 Å². The number of aromatic hydroxyl groups is 1. The lowest BCUT2D eigenvalue weighted by Crippen LogP contribution is -3.08. The Balaban J connectivity index is 1.86. The molecule has 1 aromatic heterocycles. The van der Waals surface area contributed by atoms with Crippen LogP contribution in [0.3, 0.4) is 0 Å². The summed E-state index contributed by atoms with van der Waals surface area (Å²) in [5, 5.41) is 10.9. The van der Waals surface area contributed by atoms with Crippen molar-refractivity contribution in [3.8, 4) is 22.6 Å². The van der Waals surface area contributed by atoms with Crippen molar-refractivity contribution in [3.05, 3.63) is 57.9 Å². The van der Waals surface area contributed by atoms with Gasteiger partial charge in [-0.1, -0.05) is 12.1 Å². The average Bonchev–Trinajstić information content (AvgIpc) is 3.18. The minimum atomic E-state index is -0.0726. The highest BCUT2D eigenvalue weighted by atomic mass is 16.5. The largest absolute Gasteiger partial charge is 0.507 e. The highest BCUT2D eigenvalue weighted by Gasteiger charge is 2.23. The van der Waals surface area contributed by atoms with E-state index in [0.717, 1.165) is 30.0 Å². The number of phenols is 1. The molecule has 2 heterocycles. The maximum absolute atomic E-state index is 13.2. The molecule has 1 saturated heterocycles. The van der Waals surface area contributed by atoms with Crippen molar-refractivity contribution in [3.63, 3.8) is 0 Å². The molecule has 0 unspecified atom stereocenters. The van der Waals surface area contributed by atoms with Crippen LogP contribution in [-0.2, 0) is 6.54 Å². The molecule has 2 N–H and O–H groups in total. The summed E-state index contributed by atoms with van der Waals surface area (Å²) in [5.74, 6) is 1.49. The molecule has 0 aliphatic carbocycles. The molecule has 5 nitrogen and oxygen atoms in total. The van der Waals surface area contributed by atoms with Gasteiger partial charge in [0.2, 0.25) is 5.43 Å². The van der Waals surface area contributed by atoms with E-state index >= 15 is 0 Å². The van der Waals surface area contributed by atoms with Crippen molar-refractivity contribution in [1.82, 2.24) is 0 Å². The first-order valence-electron chi connectivity index (χ1n) is 9.34. The summed E-state index contributed by atoms with van der Waals surface area (Å²) in [6, 6.07) is 10.6. The minimum Gasteiger partial charge on any atom is -0.507 e. The number of quaternary nitrogens is 1. The molecular formula is C22H24NO4+. The van der Waals surface area contributed by atoms with Gasteiger partial charge in [-0.25, -0.2) is 0 Å². The standard InChI is InChI=1S/C22H23NO4/c1-14-20(15-5-7-16(26-2)8-6-15)21(25)17-9-10-19(24)18(22(17)27-14)13-23-11-3-4-12-23/h5-10,24H,3-4,11-13H2,1-2H3/p+1. The number of rotatable bonds is 4. The van der Waals surface area contributed by atoms with Crippen LogP contribution in [0.2, 0.25) is 0 Å². The Hall–Kier alpha value is -2.79. The Kier molecular flexibility index (Phi) is 4.62. The van der Waals surface area contributed by atoms with E-state index in [9.17, 15) is 9.90 Å². The molecule has 27 heavy (non-hydrogen) atoms. The molecular weight excluding hydrogens is 342 g/mol. The van der Waals surface area contributed by atoms with Crippen LogP contribution in [0.4, 0.5) is 0 Å². The van der Waals surface area contributed by atoms with Crippen molar-refractivity contribution in [1.29, 1.82) is 0 Å². The summed E-state index contributed by atoms with van der Waals surface area (Å²) >= 11 is 0. The quantitative estimate of drug-likeness (QED) is 0.745. The minimum absolute atomic E-state index is 0.0726. The normalized spacial score (nSPS) is 14.7. The molecule has 140 valence electrons. The molecule has 1 aliphatic heterocycles. The Morgan fingerprint density at radius 3 is 2.48 bits per heavy atom. The van der Waals surface area contributed by atoms with Crippen LogP contribution in [0.15, 0.2) is 45.6 Å². The first-order chi connectivity index (χ1) is 13.1. The van der Waals surface area contributed by atoms with Gasteiger partial charge in [-0.2, -0.15) is 0 Å². The van der Waals surface area contributed by atoms with Crippen LogP contribution >= 0.6 is 0 Å². The summed E-state index contributed by atoms with van der Waals surface area (Å²) in [6.07, 6.45) is 2.40. The van der Waals surface area contributed by atoms with Gasteiger partial charge in [0.25, 0.3) is 0 Å². The van der Waals surface area contributed by atoms with E-state index < -0.39 is 0 Å². The third-order valence-corrected chi connectivity index (χ3v) is 5.43. The van der Waals surface area contributed by atoms with E-state index in [-0.39, 0.29) is 11.2 Å². The van der Waals surface area contributed by atoms with E-state index in [4.69, 9.17) is 9.15 Å². The maximum atomic E-state index is 13.2. The molecule has 1 aliphatic rings. The van der Waals surface area contributed by atoms with E-state index in [1.54, 1.807) is 26.2 Å². The molecule has 2 aromatic carbocycles. The second-order valence-corrected chi connectivity index (χ2v) is 7.16. The average molecular weight is 366 g/mol. The molecule has 1 fully saturated rings. The van der Waals surface area contributed by atoms with Gasteiger partial charge in [0.15, 0.2) is 5.58 Å². The monoisotopic (exact) mass is 366 g/mol. The van der Waals surface area contributed by atoms with Gasteiger partial charge < -0.3 is 19.2 Å². The lowest BCUT2D eigenvalue weighted by atomic mass is 10.0. The third-order valence-electron chi connectivity index (χ3n) is 5.43. The van der Waals surface area contributed by atoms with Crippen LogP contribution in [0.25, 0.3) is 22.1 Å². The first kappa shape index (κ1) is 17.6. The number of ether oxygens (including phenoxy) is 1. The fourth-order valence-electron chi connectivity index (χ4n) is 3.98. The molecule has 0 bridgehead atoms. The zero-order chi connectivity index (χ0) is 19.0. The van der Waals surface area contributed by atoms with Crippen LogP contribution in [-0.4, -0.2) is 25.3 Å². The number of phenolic OH excluding ortho intramolecular Hbond substituents is 1. The fraction of sp³-hybridized carbons (Fsp3) is 0.318. The van der Waals surface area contributed by atoms with Crippen LogP contribution in [0.5, 0.6) is 11.5 Å². The maximum Gasteiger partial charge on any atom is 0.200 e. The molecule has 0 radical (unpaired) electrons. The summed E-state index contributed by atoms with van der Waals surface area (Å²) in [7, 11) is 1.61. The summed E-state index contributed by atoms with van der Waals surface area (Å²) in [5.41, 5.74) is 2.51.